The van der Waals surface area contributed by atoms with Crippen molar-refractivity contribution in [1.29, 1.82) is 0 Å². The van der Waals surface area contributed by atoms with Crippen LogP contribution in [0.4, 0.5) is 17.1 Å². The summed E-state index contributed by atoms with van der Waals surface area (Å²) in [5.41, 5.74) is 15.4. The molecule has 13 rings (SSSR count). The van der Waals surface area contributed by atoms with E-state index in [1.165, 1.54) is 5.39 Å². The lowest BCUT2D eigenvalue weighted by Gasteiger charge is -2.26. The third-order valence-electron chi connectivity index (χ3n) is 12.5. The number of para-hydroxylation sites is 2. The monoisotopic (exact) mass is 793 g/mol. The van der Waals surface area contributed by atoms with E-state index >= 15 is 0 Å². The summed E-state index contributed by atoms with van der Waals surface area (Å²) in [7, 11) is 0. The highest BCUT2D eigenvalue weighted by molar-refractivity contribution is 6.19. The summed E-state index contributed by atoms with van der Waals surface area (Å²) < 4.78 is 18.9. The first-order valence-electron chi connectivity index (χ1n) is 21.0. The van der Waals surface area contributed by atoms with E-state index in [4.69, 9.17) is 13.3 Å². The van der Waals surface area contributed by atoms with Gasteiger partial charge in [0.25, 0.3) is 0 Å². The molecule has 0 aliphatic rings. The first-order valence-corrected chi connectivity index (χ1v) is 21.0. The maximum absolute atomic E-state index is 6.54. The molecule has 290 valence electrons. The van der Waals surface area contributed by atoms with Gasteiger partial charge in [-0.25, -0.2) is 0 Å². The molecular weight excluding hydrogens is 759 g/mol. The molecule has 0 aliphatic carbocycles. The van der Waals surface area contributed by atoms with Gasteiger partial charge in [0.15, 0.2) is 0 Å². The van der Waals surface area contributed by atoms with Crippen LogP contribution in [0.5, 0.6) is 0 Å². The normalized spacial score (nSPS) is 11.9. The molecule has 0 unspecified atom stereocenters. The molecule has 0 N–H and O–H groups in total. The molecule has 0 saturated heterocycles. The van der Waals surface area contributed by atoms with Crippen molar-refractivity contribution in [1.82, 2.24) is 0 Å². The van der Waals surface area contributed by atoms with E-state index in [-0.39, 0.29) is 0 Å². The first kappa shape index (κ1) is 34.5. The molecule has 0 radical (unpaired) electrons. The fraction of sp³-hybridized carbons (Fsp3) is 0. The summed E-state index contributed by atoms with van der Waals surface area (Å²) in [4.78, 5) is 2.33. The molecular formula is C58H35NO3. The second-order valence-electron chi connectivity index (χ2n) is 16.0. The lowest BCUT2D eigenvalue weighted by atomic mass is 9.97. The minimum Gasteiger partial charge on any atom is -0.456 e. The molecule has 3 aromatic heterocycles. The lowest BCUT2D eigenvalue weighted by Crippen LogP contribution is -2.09. The molecule has 0 atom stereocenters. The third-order valence-corrected chi connectivity index (χ3v) is 12.5. The Hall–Kier alpha value is -8.34. The van der Waals surface area contributed by atoms with E-state index in [9.17, 15) is 0 Å². The maximum atomic E-state index is 6.54. The van der Waals surface area contributed by atoms with Gasteiger partial charge in [-0.15, -0.1) is 0 Å². The van der Waals surface area contributed by atoms with Crippen LogP contribution in [0.15, 0.2) is 226 Å². The number of hydrogen-bond donors (Lipinski definition) is 0. The van der Waals surface area contributed by atoms with Crippen LogP contribution in [-0.4, -0.2) is 0 Å². The summed E-state index contributed by atoms with van der Waals surface area (Å²) in [5.74, 6) is 0. The summed E-state index contributed by atoms with van der Waals surface area (Å²) in [6, 6.07) is 75.1. The number of anilines is 3. The number of nitrogens with zero attached hydrogens (tertiary/aromatic N) is 1. The van der Waals surface area contributed by atoms with Crippen LogP contribution < -0.4 is 4.90 Å². The Balaban J connectivity index is 0.895. The highest BCUT2D eigenvalue weighted by Crippen LogP contribution is 2.42. The summed E-state index contributed by atoms with van der Waals surface area (Å²) >= 11 is 0. The van der Waals surface area contributed by atoms with E-state index in [1.54, 1.807) is 0 Å². The Bertz CT molecular complexity index is 3850. The Morgan fingerprint density at radius 1 is 0.274 bits per heavy atom. The van der Waals surface area contributed by atoms with Gasteiger partial charge in [0, 0.05) is 54.8 Å². The molecule has 10 aromatic carbocycles. The fourth-order valence-electron chi connectivity index (χ4n) is 9.45. The second-order valence-corrected chi connectivity index (χ2v) is 16.0. The van der Waals surface area contributed by atoms with Gasteiger partial charge in [0.1, 0.15) is 33.5 Å². The van der Waals surface area contributed by atoms with Crippen molar-refractivity contribution < 1.29 is 13.3 Å². The van der Waals surface area contributed by atoms with Crippen molar-refractivity contribution in [2.24, 2.45) is 0 Å². The average Bonchev–Trinajstić information content (AvgIpc) is 4.03. The van der Waals surface area contributed by atoms with Gasteiger partial charge < -0.3 is 18.2 Å². The van der Waals surface area contributed by atoms with Crippen LogP contribution in [0.25, 0.3) is 110 Å². The topological polar surface area (TPSA) is 42.7 Å². The molecule has 3 heterocycles. The number of benzene rings is 10. The average molecular weight is 794 g/mol. The number of rotatable bonds is 6. The van der Waals surface area contributed by atoms with Gasteiger partial charge in [-0.1, -0.05) is 127 Å². The fourth-order valence-corrected chi connectivity index (χ4v) is 9.45. The van der Waals surface area contributed by atoms with E-state index < -0.39 is 0 Å². The highest BCUT2D eigenvalue weighted by atomic mass is 16.3. The van der Waals surface area contributed by atoms with Crippen molar-refractivity contribution in [3.05, 3.63) is 212 Å². The third kappa shape index (κ3) is 5.47. The Morgan fingerprint density at radius 2 is 0.774 bits per heavy atom. The van der Waals surface area contributed by atoms with Gasteiger partial charge >= 0.3 is 0 Å². The van der Waals surface area contributed by atoms with Gasteiger partial charge in [-0.2, -0.15) is 0 Å². The predicted molar refractivity (Wildman–Crippen MR) is 257 cm³/mol. The zero-order chi connectivity index (χ0) is 40.7. The van der Waals surface area contributed by atoms with E-state index in [0.717, 1.165) is 122 Å². The minimum atomic E-state index is 0.888. The van der Waals surface area contributed by atoms with Crippen molar-refractivity contribution in [2.45, 2.75) is 0 Å². The maximum Gasteiger partial charge on any atom is 0.143 e. The molecule has 0 bridgehead atoms. The van der Waals surface area contributed by atoms with Crippen LogP contribution in [0.3, 0.4) is 0 Å². The SMILES string of the molecule is c1ccc2c(c1)ccc1c2oc2cccc(-c3ccc(N(c4ccc(-c5ccc6c(c5)oc5ccccc56)cc4)c4ccc(-c5ccc6oc7ccccc7c6c5)cc4)cc3)c21. The number of furan rings is 3. The van der Waals surface area contributed by atoms with Crippen LogP contribution in [0, 0.1) is 0 Å². The number of fused-ring (bicyclic) bond motifs is 11. The molecule has 0 aliphatic heterocycles. The summed E-state index contributed by atoms with van der Waals surface area (Å²) in [6.45, 7) is 0. The van der Waals surface area contributed by atoms with Crippen molar-refractivity contribution >= 4 is 93.7 Å². The van der Waals surface area contributed by atoms with Gasteiger partial charge in [-0.3, -0.25) is 0 Å². The molecule has 13 aromatic rings. The molecule has 4 nitrogen and oxygen atoms in total. The summed E-state index contributed by atoms with van der Waals surface area (Å²) in [5, 5.41) is 9.06. The molecule has 4 heteroatoms. The van der Waals surface area contributed by atoms with Gasteiger partial charge in [0.2, 0.25) is 0 Å². The van der Waals surface area contributed by atoms with Gasteiger partial charge in [-0.05, 0) is 124 Å². The quantitative estimate of drug-likeness (QED) is 0.168. The van der Waals surface area contributed by atoms with E-state index in [2.05, 4.69) is 193 Å². The van der Waals surface area contributed by atoms with Crippen molar-refractivity contribution in [3.8, 4) is 33.4 Å². The highest BCUT2D eigenvalue weighted by Gasteiger charge is 2.18. The van der Waals surface area contributed by atoms with Gasteiger partial charge in [0.05, 0.1) is 0 Å². The zero-order valence-corrected chi connectivity index (χ0v) is 33.4. The largest absolute Gasteiger partial charge is 0.456 e. The zero-order valence-electron chi connectivity index (χ0n) is 33.4. The standard InChI is InChI=1S/C58H35NO3/c1-2-9-46-38(8-1)22-32-50-57-45(12-7-15-55(57)62-58(46)50)39-20-29-44(30-21-39)59(42-25-16-36(17-26-42)40-24-33-54-51(34-40)48-11-4-6-14-53(48)60-54)43-27-18-37(19-28-43)41-23-31-49-47-10-3-5-13-52(47)61-56(49)35-41/h1-35H. The Labute approximate surface area is 356 Å². The molecule has 0 amide bonds. The summed E-state index contributed by atoms with van der Waals surface area (Å²) in [6.07, 6.45) is 0. The Kier molecular flexibility index (Phi) is 7.57. The Morgan fingerprint density at radius 3 is 1.48 bits per heavy atom. The van der Waals surface area contributed by atoms with E-state index in [1.807, 2.05) is 24.3 Å². The predicted octanol–water partition coefficient (Wildman–Crippen LogP) is 17.0. The second kappa shape index (κ2) is 13.6. The molecule has 0 fully saturated rings. The molecule has 62 heavy (non-hydrogen) atoms. The molecule has 0 saturated carbocycles. The van der Waals surface area contributed by atoms with Crippen molar-refractivity contribution in [3.63, 3.8) is 0 Å². The van der Waals surface area contributed by atoms with Crippen molar-refractivity contribution in [2.75, 3.05) is 4.90 Å². The van der Waals surface area contributed by atoms with Crippen LogP contribution in [0.1, 0.15) is 0 Å². The lowest BCUT2D eigenvalue weighted by molar-refractivity contribution is 0.668. The van der Waals surface area contributed by atoms with Crippen LogP contribution >= 0.6 is 0 Å². The van der Waals surface area contributed by atoms with E-state index in [0.29, 0.717) is 0 Å². The number of hydrogen-bond acceptors (Lipinski definition) is 4. The van der Waals surface area contributed by atoms with Crippen LogP contribution in [0.2, 0.25) is 0 Å². The smallest absolute Gasteiger partial charge is 0.143 e. The first-order chi connectivity index (χ1) is 30.7. The molecule has 0 spiro atoms. The van der Waals surface area contributed by atoms with Crippen LogP contribution in [-0.2, 0) is 0 Å². The minimum absolute atomic E-state index is 0.888.